The van der Waals surface area contributed by atoms with Gasteiger partial charge >= 0.3 is 5.97 Å². The fourth-order valence-corrected chi connectivity index (χ4v) is 3.36. The van der Waals surface area contributed by atoms with Gasteiger partial charge in [-0.15, -0.1) is 0 Å². The average Bonchev–Trinajstić information content (AvgIpc) is 2.54. The molecule has 0 fully saturated rings. The highest BCUT2D eigenvalue weighted by molar-refractivity contribution is 7.99. The highest BCUT2D eigenvalue weighted by Crippen LogP contribution is 2.33. The third-order valence-corrected chi connectivity index (χ3v) is 4.56. The van der Waals surface area contributed by atoms with E-state index in [1.54, 1.807) is 18.7 Å². The molecular weight excluding hydrogens is 296 g/mol. The van der Waals surface area contributed by atoms with Crippen LogP contribution < -0.4 is 0 Å². The van der Waals surface area contributed by atoms with Gasteiger partial charge in [0.25, 0.3) is 0 Å². The van der Waals surface area contributed by atoms with Gasteiger partial charge in [0.1, 0.15) is 0 Å². The number of Topliss-reactive ketones (excluding diaryl/α,β-unsaturated/α-hetero) is 1. The van der Waals surface area contributed by atoms with Crippen LogP contribution in [0.5, 0.6) is 0 Å². The van der Waals surface area contributed by atoms with Crippen LogP contribution in [0.1, 0.15) is 31.1 Å². The fraction of sp³-hybridized carbons (Fsp3) is 0.333. The molecule has 0 spiro atoms. The van der Waals surface area contributed by atoms with Crippen molar-refractivity contribution in [3.05, 3.63) is 48.0 Å². The lowest BCUT2D eigenvalue weighted by Crippen LogP contribution is -2.19. The van der Waals surface area contributed by atoms with Crippen LogP contribution in [0.25, 0.3) is 10.8 Å². The van der Waals surface area contributed by atoms with E-state index in [9.17, 15) is 9.59 Å². The Morgan fingerprint density at radius 1 is 1.09 bits per heavy atom. The molecule has 4 heteroatoms. The Hall–Kier alpha value is -1.81. The summed E-state index contributed by atoms with van der Waals surface area (Å²) in [6.45, 7) is 3.98. The van der Waals surface area contributed by atoms with Gasteiger partial charge in [0, 0.05) is 11.7 Å². The molecular formula is C18H20O3S. The van der Waals surface area contributed by atoms with Gasteiger partial charge in [-0.1, -0.05) is 49.4 Å². The molecule has 0 saturated heterocycles. The number of rotatable bonds is 7. The van der Waals surface area contributed by atoms with Crippen molar-refractivity contribution in [1.82, 2.24) is 0 Å². The number of esters is 1. The van der Waals surface area contributed by atoms with E-state index >= 15 is 0 Å². The number of carbonyl (C=O) groups excluding carboxylic acids is 2. The van der Waals surface area contributed by atoms with Crippen molar-refractivity contribution >= 4 is 34.3 Å². The normalized spacial score (nSPS) is 12.1. The van der Waals surface area contributed by atoms with Crippen LogP contribution in [0.2, 0.25) is 0 Å². The van der Waals surface area contributed by atoms with E-state index in [0.717, 1.165) is 16.7 Å². The van der Waals surface area contributed by atoms with Crippen LogP contribution in [-0.2, 0) is 14.3 Å². The second-order valence-corrected chi connectivity index (χ2v) is 6.38. The van der Waals surface area contributed by atoms with Crippen molar-refractivity contribution in [2.24, 2.45) is 0 Å². The third-order valence-electron chi connectivity index (χ3n) is 3.39. The van der Waals surface area contributed by atoms with Crippen LogP contribution in [0, 0.1) is 0 Å². The number of hydrogen-bond donors (Lipinski definition) is 0. The Bertz CT molecular complexity index is 666. The van der Waals surface area contributed by atoms with Crippen molar-refractivity contribution in [2.45, 2.75) is 25.5 Å². The van der Waals surface area contributed by atoms with Crippen LogP contribution in [0.3, 0.4) is 0 Å². The zero-order valence-electron chi connectivity index (χ0n) is 12.9. The minimum Gasteiger partial charge on any atom is -0.460 e. The molecule has 1 atom stereocenters. The van der Waals surface area contributed by atoms with E-state index in [-0.39, 0.29) is 18.3 Å². The molecule has 0 radical (unpaired) electrons. The van der Waals surface area contributed by atoms with E-state index in [4.69, 9.17) is 4.74 Å². The SMILES string of the molecule is CCOC(=O)C(=O)CC(SCC)c1ccc2ccccc2c1. The lowest BCUT2D eigenvalue weighted by Gasteiger charge is -2.16. The molecule has 0 aliphatic rings. The second-order valence-electron chi connectivity index (χ2n) is 4.90. The molecule has 0 aromatic heterocycles. The summed E-state index contributed by atoms with van der Waals surface area (Å²) in [6.07, 6.45) is 0.176. The fourth-order valence-electron chi connectivity index (χ4n) is 2.35. The number of carbonyl (C=O) groups is 2. The lowest BCUT2D eigenvalue weighted by atomic mass is 10.0. The summed E-state index contributed by atoms with van der Waals surface area (Å²) in [5.41, 5.74) is 1.07. The Morgan fingerprint density at radius 2 is 1.82 bits per heavy atom. The van der Waals surface area contributed by atoms with Crippen molar-refractivity contribution in [2.75, 3.05) is 12.4 Å². The Balaban J connectivity index is 2.21. The van der Waals surface area contributed by atoms with Crippen molar-refractivity contribution in [1.29, 1.82) is 0 Å². The summed E-state index contributed by atoms with van der Waals surface area (Å²) >= 11 is 1.67. The first-order chi connectivity index (χ1) is 10.7. The first kappa shape index (κ1) is 16.6. The molecule has 22 heavy (non-hydrogen) atoms. The first-order valence-corrected chi connectivity index (χ1v) is 8.50. The van der Waals surface area contributed by atoms with Gasteiger partial charge in [-0.2, -0.15) is 11.8 Å². The van der Waals surface area contributed by atoms with Crippen LogP contribution in [-0.4, -0.2) is 24.1 Å². The third kappa shape index (κ3) is 4.10. The quantitative estimate of drug-likeness (QED) is 0.568. The van der Waals surface area contributed by atoms with Crippen molar-refractivity contribution in [3.63, 3.8) is 0 Å². The summed E-state index contributed by atoms with van der Waals surface area (Å²) in [5, 5.41) is 2.29. The molecule has 1 unspecified atom stereocenters. The van der Waals surface area contributed by atoms with Crippen molar-refractivity contribution in [3.8, 4) is 0 Å². The smallest absolute Gasteiger partial charge is 0.374 e. The number of hydrogen-bond acceptors (Lipinski definition) is 4. The standard InChI is InChI=1S/C18H20O3S/c1-3-21-18(20)16(19)12-17(22-4-2)15-10-9-13-7-5-6-8-14(13)11-15/h5-11,17H,3-4,12H2,1-2H3. The van der Waals surface area contributed by atoms with Gasteiger partial charge in [0.15, 0.2) is 0 Å². The van der Waals surface area contributed by atoms with Gasteiger partial charge in [-0.05, 0) is 29.0 Å². The molecule has 0 saturated carbocycles. The van der Waals surface area contributed by atoms with E-state index in [1.807, 2.05) is 25.1 Å². The molecule has 0 aliphatic heterocycles. The van der Waals surface area contributed by atoms with E-state index in [0.29, 0.717) is 0 Å². The van der Waals surface area contributed by atoms with Crippen LogP contribution in [0.15, 0.2) is 42.5 Å². The van der Waals surface area contributed by atoms with Gasteiger partial charge in [-0.25, -0.2) is 4.79 Å². The topological polar surface area (TPSA) is 43.4 Å². The number of ketones is 1. The van der Waals surface area contributed by atoms with Gasteiger partial charge < -0.3 is 4.74 Å². The Morgan fingerprint density at radius 3 is 2.50 bits per heavy atom. The maximum atomic E-state index is 12.0. The summed E-state index contributed by atoms with van der Waals surface area (Å²) in [5.74, 6) is -0.306. The number of thioether (sulfide) groups is 1. The number of fused-ring (bicyclic) bond motifs is 1. The maximum absolute atomic E-state index is 12.0. The molecule has 0 amide bonds. The first-order valence-electron chi connectivity index (χ1n) is 7.46. The zero-order chi connectivity index (χ0) is 15.9. The lowest BCUT2D eigenvalue weighted by molar-refractivity contribution is -0.153. The second kappa shape index (κ2) is 7.99. The molecule has 0 aliphatic carbocycles. The molecule has 0 heterocycles. The molecule has 116 valence electrons. The minimum atomic E-state index is -0.731. The maximum Gasteiger partial charge on any atom is 0.374 e. The van der Waals surface area contributed by atoms with Gasteiger partial charge in [0.05, 0.1) is 6.61 Å². The molecule has 3 nitrogen and oxygen atoms in total. The molecule has 0 N–H and O–H groups in total. The molecule has 2 rings (SSSR count). The summed E-state index contributed by atoms with van der Waals surface area (Å²) < 4.78 is 4.79. The minimum absolute atomic E-state index is 0.0217. The monoisotopic (exact) mass is 316 g/mol. The van der Waals surface area contributed by atoms with E-state index < -0.39 is 11.8 Å². The summed E-state index contributed by atoms with van der Waals surface area (Å²) in [7, 11) is 0. The molecule has 0 bridgehead atoms. The Labute approximate surface area is 135 Å². The summed E-state index contributed by atoms with van der Waals surface area (Å²) in [4.78, 5) is 23.5. The number of ether oxygens (including phenoxy) is 1. The highest BCUT2D eigenvalue weighted by Gasteiger charge is 2.22. The Kier molecular flexibility index (Phi) is 6.01. The highest BCUT2D eigenvalue weighted by atomic mass is 32.2. The van der Waals surface area contributed by atoms with Crippen molar-refractivity contribution < 1.29 is 14.3 Å². The van der Waals surface area contributed by atoms with Gasteiger partial charge in [-0.3, -0.25) is 4.79 Å². The van der Waals surface area contributed by atoms with E-state index in [1.165, 1.54) is 5.39 Å². The van der Waals surface area contributed by atoms with E-state index in [2.05, 4.69) is 24.3 Å². The zero-order valence-corrected chi connectivity index (χ0v) is 13.7. The van der Waals surface area contributed by atoms with Gasteiger partial charge in [0.2, 0.25) is 5.78 Å². The largest absolute Gasteiger partial charge is 0.460 e. The number of benzene rings is 2. The molecule has 2 aromatic rings. The van der Waals surface area contributed by atoms with Crippen LogP contribution in [0.4, 0.5) is 0 Å². The predicted octanol–water partition coefficient (Wildman–Crippen LogP) is 4.16. The van der Waals surface area contributed by atoms with Crippen LogP contribution >= 0.6 is 11.8 Å². The summed E-state index contributed by atoms with van der Waals surface area (Å²) in [6, 6.07) is 14.3. The molecule has 2 aromatic carbocycles. The average molecular weight is 316 g/mol. The predicted molar refractivity (Wildman–Crippen MR) is 91.1 cm³/mol.